The molecule has 4 nitrogen and oxygen atoms in total. The molecule has 0 spiro atoms. The summed E-state index contributed by atoms with van der Waals surface area (Å²) in [6.45, 7) is 0.671. The Morgan fingerprint density at radius 1 is 1.24 bits per heavy atom. The highest BCUT2D eigenvalue weighted by Crippen LogP contribution is 2.16. The van der Waals surface area contributed by atoms with E-state index < -0.39 is 21.7 Å². The van der Waals surface area contributed by atoms with Gasteiger partial charge in [-0.15, -0.1) is 0 Å². The van der Waals surface area contributed by atoms with Gasteiger partial charge in [0, 0.05) is 26.2 Å². The zero-order valence-electron chi connectivity index (χ0n) is 9.57. The second kappa shape index (κ2) is 5.52. The molecule has 1 rings (SSSR count). The first-order valence-corrected chi connectivity index (χ1v) is 6.39. The maximum Gasteiger partial charge on any atom is 0.243 e. The fourth-order valence-electron chi connectivity index (χ4n) is 1.25. The van der Waals surface area contributed by atoms with Crippen molar-refractivity contribution in [1.29, 1.82) is 0 Å². The Balaban J connectivity index is 3.04. The fourth-order valence-corrected chi connectivity index (χ4v) is 2.46. The van der Waals surface area contributed by atoms with Crippen LogP contribution in [0.2, 0.25) is 0 Å². The van der Waals surface area contributed by atoms with E-state index in [0.717, 1.165) is 16.4 Å². The maximum atomic E-state index is 12.9. The monoisotopic (exact) mass is 264 g/mol. The number of rotatable bonds is 5. The molecule has 1 N–H and O–H groups in total. The van der Waals surface area contributed by atoms with Crippen molar-refractivity contribution in [3.05, 3.63) is 29.8 Å². The van der Waals surface area contributed by atoms with E-state index in [9.17, 15) is 17.2 Å². The first kappa shape index (κ1) is 14.0. The van der Waals surface area contributed by atoms with Crippen LogP contribution in [-0.2, 0) is 10.0 Å². The molecule has 1 aromatic rings. The summed E-state index contributed by atoms with van der Waals surface area (Å²) >= 11 is 0. The summed E-state index contributed by atoms with van der Waals surface area (Å²) in [5.41, 5.74) is 0. The van der Waals surface area contributed by atoms with Crippen molar-refractivity contribution < 1.29 is 17.2 Å². The molecule has 0 heterocycles. The van der Waals surface area contributed by atoms with Gasteiger partial charge in [-0.05, 0) is 19.2 Å². The van der Waals surface area contributed by atoms with E-state index in [1.165, 1.54) is 7.05 Å². The lowest BCUT2D eigenvalue weighted by atomic mass is 10.3. The zero-order chi connectivity index (χ0) is 13.1. The quantitative estimate of drug-likeness (QED) is 0.856. The molecule has 0 aromatic heterocycles. The SMILES string of the molecule is CNCCN(C)S(=O)(=O)c1cc(F)cc(F)c1. The molecule has 7 heteroatoms. The molecule has 0 saturated carbocycles. The number of nitrogens with zero attached hydrogens (tertiary/aromatic N) is 1. The van der Waals surface area contributed by atoms with Crippen LogP contribution in [-0.4, -0.2) is 39.9 Å². The number of nitrogens with one attached hydrogen (secondary N) is 1. The van der Waals surface area contributed by atoms with Crippen LogP contribution in [0.3, 0.4) is 0 Å². The number of halogens is 2. The topological polar surface area (TPSA) is 49.4 Å². The summed E-state index contributed by atoms with van der Waals surface area (Å²) in [5, 5.41) is 2.79. The average molecular weight is 264 g/mol. The Bertz CT molecular complexity index is 471. The van der Waals surface area contributed by atoms with Crippen molar-refractivity contribution in [2.75, 3.05) is 27.2 Å². The first-order valence-electron chi connectivity index (χ1n) is 4.95. The van der Waals surface area contributed by atoms with Gasteiger partial charge < -0.3 is 5.32 Å². The number of hydrogen-bond acceptors (Lipinski definition) is 3. The van der Waals surface area contributed by atoms with Gasteiger partial charge in [0.2, 0.25) is 10.0 Å². The summed E-state index contributed by atoms with van der Waals surface area (Å²) < 4.78 is 50.7. The van der Waals surface area contributed by atoms with E-state index in [0.29, 0.717) is 12.6 Å². The fraction of sp³-hybridized carbons (Fsp3) is 0.400. The highest BCUT2D eigenvalue weighted by molar-refractivity contribution is 7.89. The lowest BCUT2D eigenvalue weighted by Crippen LogP contribution is -2.32. The normalized spacial score (nSPS) is 12.1. The molecule has 0 bridgehead atoms. The molecule has 17 heavy (non-hydrogen) atoms. The zero-order valence-corrected chi connectivity index (χ0v) is 10.4. The van der Waals surface area contributed by atoms with Crippen molar-refractivity contribution in [2.45, 2.75) is 4.90 Å². The highest BCUT2D eigenvalue weighted by Gasteiger charge is 2.21. The van der Waals surface area contributed by atoms with Crippen molar-refractivity contribution in [1.82, 2.24) is 9.62 Å². The Morgan fingerprint density at radius 3 is 2.24 bits per heavy atom. The van der Waals surface area contributed by atoms with Gasteiger partial charge in [0.1, 0.15) is 11.6 Å². The Hall–Kier alpha value is -1.05. The van der Waals surface area contributed by atoms with Crippen LogP contribution in [0.5, 0.6) is 0 Å². The average Bonchev–Trinajstić information content (AvgIpc) is 2.24. The largest absolute Gasteiger partial charge is 0.318 e. The van der Waals surface area contributed by atoms with E-state index in [2.05, 4.69) is 5.32 Å². The lowest BCUT2D eigenvalue weighted by molar-refractivity contribution is 0.464. The van der Waals surface area contributed by atoms with Crippen LogP contribution in [0.1, 0.15) is 0 Å². The molecule has 0 fully saturated rings. The van der Waals surface area contributed by atoms with Gasteiger partial charge in [0.25, 0.3) is 0 Å². The van der Waals surface area contributed by atoms with Crippen LogP contribution < -0.4 is 5.32 Å². The summed E-state index contributed by atoms with van der Waals surface area (Å²) in [4.78, 5) is -0.381. The summed E-state index contributed by atoms with van der Waals surface area (Å²) in [5.74, 6) is -1.82. The highest BCUT2D eigenvalue weighted by atomic mass is 32.2. The number of likely N-dealkylation sites (N-methyl/N-ethyl adjacent to an activating group) is 2. The molecule has 0 aliphatic heterocycles. The second-order valence-electron chi connectivity index (χ2n) is 3.54. The molecule has 0 atom stereocenters. The molecule has 0 radical (unpaired) electrons. The number of benzene rings is 1. The van der Waals surface area contributed by atoms with Crippen LogP contribution in [0, 0.1) is 11.6 Å². The molecule has 0 amide bonds. The predicted octanol–water partition coefficient (Wildman–Crippen LogP) is 0.805. The summed E-state index contributed by atoms with van der Waals surface area (Å²) in [6.07, 6.45) is 0. The Kier molecular flexibility index (Phi) is 4.55. The Morgan fingerprint density at radius 2 is 1.76 bits per heavy atom. The minimum absolute atomic E-state index is 0.219. The summed E-state index contributed by atoms with van der Waals surface area (Å²) in [6, 6.07) is 2.23. The van der Waals surface area contributed by atoms with Crippen molar-refractivity contribution in [2.24, 2.45) is 0 Å². The first-order chi connectivity index (χ1) is 7.87. The number of sulfonamides is 1. The van der Waals surface area contributed by atoms with Gasteiger partial charge in [0.05, 0.1) is 4.90 Å². The van der Waals surface area contributed by atoms with E-state index in [-0.39, 0.29) is 11.4 Å². The second-order valence-corrected chi connectivity index (χ2v) is 5.58. The van der Waals surface area contributed by atoms with Crippen LogP contribution in [0.25, 0.3) is 0 Å². The molecule has 1 aromatic carbocycles. The van der Waals surface area contributed by atoms with Gasteiger partial charge in [-0.2, -0.15) is 4.31 Å². The van der Waals surface area contributed by atoms with Gasteiger partial charge in [-0.3, -0.25) is 0 Å². The van der Waals surface area contributed by atoms with E-state index in [1.54, 1.807) is 7.05 Å². The minimum atomic E-state index is -3.84. The van der Waals surface area contributed by atoms with Gasteiger partial charge in [-0.25, -0.2) is 17.2 Å². The lowest BCUT2D eigenvalue weighted by Gasteiger charge is -2.16. The van der Waals surface area contributed by atoms with Crippen molar-refractivity contribution in [3.8, 4) is 0 Å². The number of hydrogen-bond donors (Lipinski definition) is 1. The van der Waals surface area contributed by atoms with E-state index in [1.807, 2.05) is 0 Å². The molecule has 0 saturated heterocycles. The van der Waals surface area contributed by atoms with Gasteiger partial charge >= 0.3 is 0 Å². The van der Waals surface area contributed by atoms with Crippen LogP contribution in [0.4, 0.5) is 8.78 Å². The van der Waals surface area contributed by atoms with E-state index >= 15 is 0 Å². The molecular weight excluding hydrogens is 250 g/mol. The third-order valence-corrected chi connectivity index (χ3v) is 4.06. The van der Waals surface area contributed by atoms with Crippen molar-refractivity contribution in [3.63, 3.8) is 0 Å². The predicted molar refractivity (Wildman–Crippen MR) is 60.1 cm³/mol. The molecular formula is C10H14F2N2O2S. The molecule has 0 aliphatic carbocycles. The smallest absolute Gasteiger partial charge is 0.243 e. The van der Waals surface area contributed by atoms with Crippen molar-refractivity contribution >= 4 is 10.0 Å². The van der Waals surface area contributed by atoms with Gasteiger partial charge in [-0.1, -0.05) is 0 Å². The van der Waals surface area contributed by atoms with Crippen LogP contribution >= 0.6 is 0 Å². The van der Waals surface area contributed by atoms with E-state index in [4.69, 9.17) is 0 Å². The minimum Gasteiger partial charge on any atom is -0.318 e. The van der Waals surface area contributed by atoms with Crippen LogP contribution in [0.15, 0.2) is 23.1 Å². The Labute approximate surface area is 99.3 Å². The van der Waals surface area contributed by atoms with Gasteiger partial charge in [0.15, 0.2) is 0 Å². The maximum absolute atomic E-state index is 12.9. The standard InChI is InChI=1S/C10H14F2N2O2S/c1-13-3-4-14(2)17(15,16)10-6-8(11)5-9(12)7-10/h5-7,13H,3-4H2,1-2H3. The third kappa shape index (κ3) is 3.45. The molecule has 0 aliphatic rings. The molecule has 0 unspecified atom stereocenters. The third-order valence-electron chi connectivity index (χ3n) is 2.22. The molecule has 96 valence electrons. The summed E-state index contributed by atoms with van der Waals surface area (Å²) in [7, 11) is -0.803.